The zero-order valence-electron chi connectivity index (χ0n) is 60.1. The lowest BCUT2D eigenvalue weighted by atomic mass is 9.79. The van der Waals surface area contributed by atoms with Crippen LogP contribution in [0.1, 0.15) is 179 Å². The molecule has 4 heterocycles. The number of fused-ring (bicyclic) bond motifs is 2. The van der Waals surface area contributed by atoms with Gasteiger partial charge in [-0.05, 0) is 126 Å². The number of Topliss-reactive ketones (excluding diaryl/α,β-unsaturated/α-hetero) is 7. The summed E-state index contributed by atoms with van der Waals surface area (Å²) in [6, 6.07) is 11.4. The van der Waals surface area contributed by atoms with Gasteiger partial charge in [0.05, 0.1) is 35.5 Å². The second kappa shape index (κ2) is 46.1. The van der Waals surface area contributed by atoms with Crippen LogP contribution in [0.15, 0.2) is 52.4 Å². The van der Waals surface area contributed by atoms with Gasteiger partial charge in [0.2, 0.25) is 23.6 Å². The van der Waals surface area contributed by atoms with Crippen molar-refractivity contribution in [3.8, 4) is 5.75 Å². The number of thiazole rings is 1. The Labute approximate surface area is 624 Å². The summed E-state index contributed by atoms with van der Waals surface area (Å²) in [7, 11) is 0. The largest absolute Gasteiger partial charge is 0.508 e. The number of nitrogens with one attached hydrogen (secondary N) is 4. The third-order valence-corrected chi connectivity index (χ3v) is 22.5. The second-order valence-electron chi connectivity index (χ2n) is 27.6. The molecule has 2 saturated heterocycles. The minimum atomic E-state index is -1.21. The summed E-state index contributed by atoms with van der Waals surface area (Å²) in [6.07, 6.45) is 5.81. The van der Waals surface area contributed by atoms with E-state index in [4.69, 9.17) is 33.8 Å². The summed E-state index contributed by atoms with van der Waals surface area (Å²) in [6.45, 7) is 2.83. The molecule has 0 aliphatic carbocycles. The summed E-state index contributed by atoms with van der Waals surface area (Å²) in [5.74, 6) is -9.52. The van der Waals surface area contributed by atoms with Crippen molar-refractivity contribution < 1.29 is 82.8 Å². The fourth-order valence-electron chi connectivity index (χ4n) is 12.8. The van der Waals surface area contributed by atoms with E-state index < -0.39 is 102 Å². The molecule has 2 aromatic carbocycles. The number of aliphatic hydroxyl groups excluding tert-OH is 2. The Bertz CT molecular complexity index is 3530. The molecule has 29 nitrogen and oxygen atoms in total. The summed E-state index contributed by atoms with van der Waals surface area (Å²) >= 11 is 4.61. The van der Waals surface area contributed by atoms with Gasteiger partial charge in [-0.15, -0.1) is 23.1 Å². The number of phenols is 1. The number of carboxylic acid groups (broad SMARTS) is 1. The number of anilines is 1. The number of guanidine groups is 1. The number of primary amides is 2. The molecule has 578 valence electrons. The van der Waals surface area contributed by atoms with Gasteiger partial charge in [0, 0.05) is 142 Å². The van der Waals surface area contributed by atoms with Crippen LogP contribution < -0.4 is 49.9 Å². The highest BCUT2D eigenvalue weighted by molar-refractivity contribution is 8.15. The number of carbonyl (C=O) groups is 13. The van der Waals surface area contributed by atoms with Gasteiger partial charge in [-0.25, -0.2) is 14.6 Å². The number of rotatable bonds is 52. The first kappa shape index (κ1) is 87.6. The van der Waals surface area contributed by atoms with Crippen LogP contribution in [0.4, 0.5) is 10.5 Å². The number of aliphatic imine (C=N–C) groups is 2. The first-order chi connectivity index (χ1) is 50.0. The van der Waals surface area contributed by atoms with Crippen molar-refractivity contribution in [2.24, 2.45) is 80.1 Å². The fraction of sp³-hybridized carbons (Fsp3) is 0.616. The van der Waals surface area contributed by atoms with Crippen molar-refractivity contribution in [3.63, 3.8) is 0 Å². The predicted molar refractivity (Wildman–Crippen MR) is 403 cm³/mol. The van der Waals surface area contributed by atoms with Crippen LogP contribution in [-0.4, -0.2) is 180 Å². The molecule has 1 aromatic heterocycles. The summed E-state index contributed by atoms with van der Waals surface area (Å²) < 4.78 is 0.839. The first-order valence-electron chi connectivity index (χ1n) is 36.1. The molecule has 105 heavy (non-hydrogen) atoms. The lowest BCUT2D eigenvalue weighted by Gasteiger charge is -2.23. The molecule has 2 fully saturated rings. The van der Waals surface area contributed by atoms with Crippen molar-refractivity contribution >= 4 is 138 Å². The molecule has 3 aliphatic heterocycles. The van der Waals surface area contributed by atoms with Gasteiger partial charge < -0.3 is 75.2 Å². The van der Waals surface area contributed by atoms with E-state index in [9.17, 15) is 77.6 Å². The van der Waals surface area contributed by atoms with Crippen LogP contribution in [0.2, 0.25) is 0 Å². The maximum absolute atomic E-state index is 14.1. The van der Waals surface area contributed by atoms with Crippen molar-refractivity contribution in [2.75, 3.05) is 49.7 Å². The zero-order chi connectivity index (χ0) is 77.1. The molecule has 6 amide bonds. The lowest BCUT2D eigenvalue weighted by Crippen LogP contribution is -2.36. The number of carboxylic acids is 1. The number of nitrogens with two attached hydrogens (primary N) is 5. The minimum Gasteiger partial charge on any atom is -0.508 e. The molecule has 3 aliphatic rings. The predicted octanol–water partition coefficient (Wildman–Crippen LogP) is 5.28. The van der Waals surface area contributed by atoms with Crippen LogP contribution in [0.25, 0.3) is 10.2 Å². The van der Waals surface area contributed by atoms with Gasteiger partial charge in [0.25, 0.3) is 0 Å². The molecule has 0 radical (unpaired) electrons. The number of aliphatic carboxylic acids is 1. The highest BCUT2D eigenvalue weighted by Crippen LogP contribution is 2.35. The number of amides is 6. The number of thioether (sulfide) groups is 2. The number of phenolic OH excluding ortho intramolecular Hbond substituents is 1. The van der Waals surface area contributed by atoms with Gasteiger partial charge in [-0.3, -0.25) is 57.9 Å². The molecule has 0 saturated carbocycles. The van der Waals surface area contributed by atoms with E-state index in [1.54, 1.807) is 43.3 Å². The first-order valence-corrected chi connectivity index (χ1v) is 39.0. The number of aliphatic hydroxyl groups is 2. The number of ketones is 7. The van der Waals surface area contributed by atoms with Crippen LogP contribution in [0.3, 0.4) is 0 Å². The number of hydrogen-bond donors (Lipinski definition) is 13. The number of unbranched alkanes of at least 4 members (excludes halogenated alkanes) is 4. The maximum Gasteiger partial charge on any atom is 0.329 e. The number of nitrogens with zero attached hydrogens (tertiary/aromatic N) is 3. The van der Waals surface area contributed by atoms with E-state index in [1.165, 1.54) is 30.0 Å². The Morgan fingerprint density at radius 1 is 0.657 bits per heavy atom. The number of urea groups is 1. The Morgan fingerprint density at radius 3 is 1.89 bits per heavy atom. The van der Waals surface area contributed by atoms with Gasteiger partial charge in [-0.2, -0.15) is 11.8 Å². The van der Waals surface area contributed by atoms with E-state index in [0.717, 1.165) is 40.8 Å². The number of hydrogen-bond acceptors (Lipinski definition) is 23. The third-order valence-electron chi connectivity index (χ3n) is 18.8. The molecule has 3 aromatic rings. The lowest BCUT2D eigenvalue weighted by molar-refractivity contribution is -0.138. The molecule has 11 atom stereocenters. The van der Waals surface area contributed by atoms with E-state index in [-0.39, 0.29) is 149 Å². The van der Waals surface area contributed by atoms with E-state index >= 15 is 0 Å². The zero-order valence-corrected chi connectivity index (χ0v) is 62.5. The normalized spacial score (nSPS) is 17.9. The van der Waals surface area contributed by atoms with Gasteiger partial charge >= 0.3 is 12.0 Å². The molecule has 0 bridgehead atoms. The summed E-state index contributed by atoms with van der Waals surface area (Å²) in [5.41, 5.74) is 29.5. The topological polar surface area (TPSA) is 519 Å². The average Bonchev–Trinajstić information content (AvgIpc) is 1.67. The third kappa shape index (κ3) is 31.9. The molecule has 11 unspecified atom stereocenters. The standard InChI is InChI=1S/C50H85N9O12S.C23H21N3O5S2/c1-31(15-17-45(52)68)22-39(63)34(16-18-46(53)69)26-43(67)36(29-61)27-41(65)32(10-6-7-19-51)24-40(64)33(11-9-21-57-49(54)55)25-42(66)35(28-60)23-37(62)12-3-2-8-20-56-47(70)14-5-4-13-44-48-38(30-72-44)58-50(71)59-48;1-12(27)8-14(9-13-2-5-16(28)6-3-13)20(29)24-15-4-7-17-19(10-15)33-22(25-17)21-26-18(11-32-21)23(30)31/h31-36,38,44,48,60-61H,2-30,51H2,1H3,(H2,52,68)(H2,53,69)(H,56,70)(H4,54,55,57)(H2,58,59,71);2-7,10,14,18,28H,8-9,11H2,1H3,(H,24,29)(H,30,31). The van der Waals surface area contributed by atoms with Crippen molar-refractivity contribution in [3.05, 3.63) is 53.0 Å². The fourth-order valence-corrected chi connectivity index (χ4v) is 16.4. The SMILES string of the molecule is CC(=O)CC(Cc1ccc(O)cc1)C(=O)Nc1ccc2nc(C3=NC(C(=O)O)CS3)sc2c1.CC(CCC(N)=O)CC(=O)C(CCC(N)=O)CC(=O)C(CO)CC(=O)C(CCCCN)CC(=O)C(CCCN=C(N)N)CC(=O)C(CO)CC(=O)CCCCCNC(=O)CCCCC1SCC2NC(=O)NC21. The summed E-state index contributed by atoms with van der Waals surface area (Å²) in [5, 5.41) is 52.5. The Kier molecular flexibility index (Phi) is 38.5. The molecular weight excluding hydrogens is 1410 g/mol. The molecule has 32 heteroatoms. The van der Waals surface area contributed by atoms with Crippen molar-refractivity contribution in [1.82, 2.24) is 20.9 Å². The Morgan fingerprint density at radius 2 is 1.27 bits per heavy atom. The highest BCUT2D eigenvalue weighted by atomic mass is 32.2. The van der Waals surface area contributed by atoms with Crippen molar-refractivity contribution in [2.45, 2.75) is 198 Å². The number of aromatic nitrogens is 1. The number of carbonyl (C=O) groups excluding carboxylic acids is 12. The monoisotopic (exact) mass is 1520 g/mol. The van der Waals surface area contributed by atoms with Crippen molar-refractivity contribution in [1.29, 1.82) is 0 Å². The number of aromatic hydroxyl groups is 1. The molecule has 18 N–H and O–H groups in total. The summed E-state index contributed by atoms with van der Waals surface area (Å²) in [4.78, 5) is 177. The van der Waals surface area contributed by atoms with Crippen LogP contribution in [0, 0.1) is 41.4 Å². The van der Waals surface area contributed by atoms with Gasteiger partial charge in [0.1, 0.15) is 56.3 Å². The Hall–Kier alpha value is -8.04. The quantitative estimate of drug-likeness (QED) is 0.0148. The van der Waals surface area contributed by atoms with Crippen LogP contribution in [0.5, 0.6) is 5.75 Å². The maximum atomic E-state index is 14.1. The molecule has 0 spiro atoms. The number of benzene rings is 2. The average molecular weight is 1520 g/mol. The van der Waals surface area contributed by atoms with E-state index in [2.05, 4.69) is 36.2 Å². The highest BCUT2D eigenvalue weighted by Gasteiger charge is 2.43. The Balaban J connectivity index is 0.000000493. The molecular formula is C73H106N12O17S3. The van der Waals surface area contributed by atoms with E-state index in [1.807, 2.05) is 17.8 Å². The molecule has 6 rings (SSSR count). The van der Waals surface area contributed by atoms with Gasteiger partial charge in [0.15, 0.2) is 12.0 Å². The van der Waals surface area contributed by atoms with Gasteiger partial charge in [-0.1, -0.05) is 38.3 Å². The van der Waals surface area contributed by atoms with E-state index in [0.29, 0.717) is 97.6 Å². The smallest absolute Gasteiger partial charge is 0.329 e. The second-order valence-corrected chi connectivity index (χ2v) is 30.9. The van der Waals surface area contributed by atoms with Crippen LogP contribution >= 0.6 is 34.9 Å². The van der Waals surface area contributed by atoms with Crippen LogP contribution in [-0.2, 0) is 64.0 Å². The minimum absolute atomic E-state index is 0.0128.